The third-order valence-electron chi connectivity index (χ3n) is 6.85. The van der Waals surface area contributed by atoms with Gasteiger partial charge in [0.25, 0.3) is 5.91 Å². The van der Waals surface area contributed by atoms with E-state index in [-0.39, 0.29) is 5.91 Å². The van der Waals surface area contributed by atoms with Crippen LogP contribution in [0.4, 0.5) is 11.5 Å². The fourth-order valence-electron chi connectivity index (χ4n) is 5.04. The van der Waals surface area contributed by atoms with E-state index >= 15 is 0 Å². The number of nitrogens with one attached hydrogen (secondary N) is 1. The van der Waals surface area contributed by atoms with Crippen molar-refractivity contribution in [3.63, 3.8) is 0 Å². The SMILES string of the molecule is Cc1cc(C(=O)Nc2ccc(-c3ccccc3CN3CCCC3)cc2)n(-c2coc3ccnc(N)c23)n1. The van der Waals surface area contributed by atoms with Crippen molar-refractivity contribution in [1.29, 1.82) is 0 Å². The maximum atomic E-state index is 13.3. The Morgan fingerprint density at radius 1 is 1.08 bits per heavy atom. The number of fused-ring (bicyclic) bond motifs is 1. The number of rotatable bonds is 6. The number of anilines is 2. The Hall–Kier alpha value is -4.43. The molecule has 0 saturated carbocycles. The zero-order chi connectivity index (χ0) is 25.4. The molecule has 0 spiro atoms. The summed E-state index contributed by atoms with van der Waals surface area (Å²) in [6.45, 7) is 5.12. The largest absolute Gasteiger partial charge is 0.462 e. The van der Waals surface area contributed by atoms with Gasteiger partial charge in [-0.15, -0.1) is 0 Å². The smallest absolute Gasteiger partial charge is 0.274 e. The average molecular weight is 493 g/mol. The number of carbonyl (C=O) groups is 1. The van der Waals surface area contributed by atoms with E-state index in [2.05, 4.69) is 56.7 Å². The molecule has 4 heterocycles. The second-order valence-corrected chi connectivity index (χ2v) is 9.44. The van der Waals surface area contributed by atoms with Crippen LogP contribution in [0.25, 0.3) is 27.8 Å². The second kappa shape index (κ2) is 9.55. The van der Waals surface area contributed by atoms with Crippen LogP contribution in [-0.2, 0) is 6.54 Å². The van der Waals surface area contributed by atoms with Gasteiger partial charge in [0.05, 0.1) is 11.1 Å². The number of hydrogen-bond donors (Lipinski definition) is 2. The first-order chi connectivity index (χ1) is 18.1. The standard InChI is InChI=1S/C29H28N6O2/c1-19-16-24(35(33-19)25-18-37-26-12-13-31-28(30)27(25)26)29(36)32-22-10-8-20(9-11-22)23-7-3-2-6-21(23)17-34-14-4-5-15-34/h2-3,6-13,16,18H,4-5,14-15,17H2,1H3,(H2,30,31)(H,32,36). The first kappa shape index (κ1) is 23.0. The van der Waals surface area contributed by atoms with E-state index in [1.807, 2.05) is 19.1 Å². The molecule has 186 valence electrons. The van der Waals surface area contributed by atoms with E-state index in [4.69, 9.17) is 10.2 Å². The van der Waals surface area contributed by atoms with Crippen LogP contribution in [0, 0.1) is 6.92 Å². The van der Waals surface area contributed by atoms with Crippen LogP contribution < -0.4 is 11.1 Å². The van der Waals surface area contributed by atoms with Crippen molar-refractivity contribution in [3.05, 3.63) is 90.1 Å². The van der Waals surface area contributed by atoms with Gasteiger partial charge in [-0.05, 0) is 73.8 Å². The Morgan fingerprint density at radius 3 is 2.68 bits per heavy atom. The number of furan rings is 1. The summed E-state index contributed by atoms with van der Waals surface area (Å²) in [5.74, 6) is 0.0426. The molecule has 1 saturated heterocycles. The number of hydrogen-bond acceptors (Lipinski definition) is 6. The monoisotopic (exact) mass is 492 g/mol. The molecule has 0 aliphatic carbocycles. The molecule has 6 rings (SSSR count). The second-order valence-electron chi connectivity index (χ2n) is 9.44. The van der Waals surface area contributed by atoms with Crippen LogP contribution in [0.1, 0.15) is 34.6 Å². The number of nitrogens with two attached hydrogens (primary N) is 1. The highest BCUT2D eigenvalue weighted by Gasteiger charge is 2.21. The number of likely N-dealkylation sites (tertiary alicyclic amines) is 1. The molecule has 3 N–H and O–H groups in total. The van der Waals surface area contributed by atoms with E-state index in [9.17, 15) is 4.79 Å². The molecule has 3 aromatic heterocycles. The van der Waals surface area contributed by atoms with Crippen molar-refractivity contribution in [2.24, 2.45) is 0 Å². The minimum absolute atomic E-state index is 0.278. The Balaban J connectivity index is 1.25. The summed E-state index contributed by atoms with van der Waals surface area (Å²) in [4.78, 5) is 20.0. The number of benzene rings is 2. The molecular weight excluding hydrogens is 464 g/mol. The molecule has 8 heteroatoms. The number of carbonyl (C=O) groups excluding carboxylic acids is 1. The molecule has 1 amide bonds. The van der Waals surface area contributed by atoms with Crippen molar-refractivity contribution in [1.82, 2.24) is 19.7 Å². The van der Waals surface area contributed by atoms with Crippen molar-refractivity contribution in [3.8, 4) is 16.8 Å². The number of nitrogen functional groups attached to an aromatic ring is 1. The predicted octanol–water partition coefficient (Wildman–Crippen LogP) is 5.42. The zero-order valence-electron chi connectivity index (χ0n) is 20.6. The van der Waals surface area contributed by atoms with E-state index < -0.39 is 0 Å². The molecule has 5 aromatic rings. The molecule has 2 aromatic carbocycles. The zero-order valence-corrected chi connectivity index (χ0v) is 20.6. The molecule has 1 fully saturated rings. The highest BCUT2D eigenvalue weighted by atomic mass is 16.3. The average Bonchev–Trinajstić information content (AvgIpc) is 3.65. The van der Waals surface area contributed by atoms with Crippen molar-refractivity contribution >= 4 is 28.4 Å². The Labute approximate surface area is 214 Å². The molecule has 0 atom stereocenters. The molecule has 0 bridgehead atoms. The van der Waals surface area contributed by atoms with Crippen LogP contribution in [0.3, 0.4) is 0 Å². The van der Waals surface area contributed by atoms with Crippen LogP contribution >= 0.6 is 0 Å². The summed E-state index contributed by atoms with van der Waals surface area (Å²) in [5, 5.41) is 8.15. The normalized spacial score (nSPS) is 13.9. The quantitative estimate of drug-likeness (QED) is 0.328. The Morgan fingerprint density at radius 2 is 1.86 bits per heavy atom. The molecule has 1 aliphatic rings. The Bertz CT molecular complexity index is 1580. The van der Waals surface area contributed by atoms with E-state index in [1.54, 1.807) is 29.3 Å². The van der Waals surface area contributed by atoms with Gasteiger partial charge in [0.15, 0.2) is 0 Å². The van der Waals surface area contributed by atoms with Gasteiger partial charge < -0.3 is 15.5 Å². The third-order valence-corrected chi connectivity index (χ3v) is 6.85. The van der Waals surface area contributed by atoms with E-state index in [1.165, 1.54) is 24.0 Å². The first-order valence-electron chi connectivity index (χ1n) is 12.5. The maximum Gasteiger partial charge on any atom is 0.274 e. The molecule has 1 aliphatic heterocycles. The lowest BCUT2D eigenvalue weighted by molar-refractivity contribution is 0.101. The number of nitrogens with zero attached hydrogens (tertiary/aromatic N) is 4. The van der Waals surface area contributed by atoms with E-state index in [0.29, 0.717) is 39.5 Å². The van der Waals surface area contributed by atoms with Gasteiger partial charge in [0.2, 0.25) is 0 Å². The molecule has 0 unspecified atom stereocenters. The highest BCUT2D eigenvalue weighted by molar-refractivity contribution is 6.04. The van der Waals surface area contributed by atoms with Gasteiger partial charge in [0.1, 0.15) is 29.0 Å². The van der Waals surface area contributed by atoms with Crippen LogP contribution in [-0.4, -0.2) is 38.7 Å². The number of aromatic nitrogens is 3. The molecular formula is C29H28N6O2. The van der Waals surface area contributed by atoms with Crippen LogP contribution in [0.2, 0.25) is 0 Å². The van der Waals surface area contributed by atoms with Gasteiger partial charge in [0, 0.05) is 18.4 Å². The fourth-order valence-corrected chi connectivity index (χ4v) is 5.04. The van der Waals surface area contributed by atoms with Gasteiger partial charge in [-0.25, -0.2) is 9.67 Å². The summed E-state index contributed by atoms with van der Waals surface area (Å²) in [7, 11) is 0. The minimum Gasteiger partial charge on any atom is -0.462 e. The summed E-state index contributed by atoms with van der Waals surface area (Å²) >= 11 is 0. The van der Waals surface area contributed by atoms with Crippen LogP contribution in [0.5, 0.6) is 0 Å². The number of aryl methyl sites for hydroxylation is 1. The summed E-state index contributed by atoms with van der Waals surface area (Å²) < 4.78 is 7.19. The lowest BCUT2D eigenvalue weighted by Gasteiger charge is -2.18. The fraction of sp³-hybridized carbons (Fsp3) is 0.207. The van der Waals surface area contributed by atoms with Crippen LogP contribution in [0.15, 0.2) is 77.5 Å². The summed E-state index contributed by atoms with van der Waals surface area (Å²) in [6.07, 6.45) is 5.67. The number of pyridine rings is 1. The van der Waals surface area contributed by atoms with Crippen molar-refractivity contribution in [2.75, 3.05) is 24.1 Å². The molecule has 0 radical (unpaired) electrons. The van der Waals surface area contributed by atoms with Gasteiger partial charge in [-0.2, -0.15) is 5.10 Å². The minimum atomic E-state index is -0.278. The third kappa shape index (κ3) is 4.47. The highest BCUT2D eigenvalue weighted by Crippen LogP contribution is 2.30. The van der Waals surface area contributed by atoms with Gasteiger partial charge in [-0.1, -0.05) is 36.4 Å². The van der Waals surface area contributed by atoms with Gasteiger partial charge in [-0.3, -0.25) is 9.69 Å². The molecule has 37 heavy (non-hydrogen) atoms. The summed E-state index contributed by atoms with van der Waals surface area (Å²) in [5.41, 5.74) is 12.7. The van der Waals surface area contributed by atoms with Crippen molar-refractivity contribution in [2.45, 2.75) is 26.3 Å². The predicted molar refractivity (Wildman–Crippen MR) is 145 cm³/mol. The van der Waals surface area contributed by atoms with E-state index in [0.717, 1.165) is 25.2 Å². The molecule has 8 nitrogen and oxygen atoms in total. The lowest BCUT2D eigenvalue weighted by Crippen LogP contribution is -2.18. The first-order valence-corrected chi connectivity index (χ1v) is 12.5. The van der Waals surface area contributed by atoms with Crippen molar-refractivity contribution < 1.29 is 9.21 Å². The Kier molecular flexibility index (Phi) is 5.94. The lowest BCUT2D eigenvalue weighted by atomic mass is 9.99. The topological polar surface area (TPSA) is 102 Å². The summed E-state index contributed by atoms with van der Waals surface area (Å²) in [6, 6.07) is 20.0. The number of amides is 1. The maximum absolute atomic E-state index is 13.3. The van der Waals surface area contributed by atoms with Gasteiger partial charge >= 0.3 is 0 Å².